The maximum atomic E-state index is 11.9. The molecule has 2 rings (SSSR count). The molecule has 0 radical (unpaired) electrons. The molecule has 0 aliphatic rings. The van der Waals surface area contributed by atoms with Gasteiger partial charge in [-0.2, -0.15) is 5.10 Å². The summed E-state index contributed by atoms with van der Waals surface area (Å²) in [6.45, 7) is 3.34. The van der Waals surface area contributed by atoms with E-state index in [2.05, 4.69) is 10.4 Å². The predicted octanol–water partition coefficient (Wildman–Crippen LogP) is 2.14. The van der Waals surface area contributed by atoms with E-state index >= 15 is 0 Å². The number of anilines is 1. The van der Waals surface area contributed by atoms with Gasteiger partial charge < -0.3 is 10.4 Å². The fourth-order valence-electron chi connectivity index (χ4n) is 2.30. The number of rotatable bonds is 6. The van der Waals surface area contributed by atoms with Crippen molar-refractivity contribution in [2.45, 2.75) is 26.8 Å². The van der Waals surface area contributed by atoms with Gasteiger partial charge in [-0.25, -0.2) is 4.79 Å². The average molecular weight is 332 g/mol. The van der Waals surface area contributed by atoms with Crippen LogP contribution >= 0.6 is 0 Å². The van der Waals surface area contributed by atoms with Crippen molar-refractivity contribution in [2.75, 3.05) is 5.32 Å². The second-order valence-electron chi connectivity index (χ2n) is 5.18. The van der Waals surface area contributed by atoms with Gasteiger partial charge in [-0.1, -0.05) is 0 Å². The van der Waals surface area contributed by atoms with E-state index in [0.717, 1.165) is 0 Å². The van der Waals surface area contributed by atoms with Crippen LogP contribution in [-0.2, 0) is 11.3 Å². The van der Waals surface area contributed by atoms with Crippen LogP contribution in [-0.4, -0.2) is 31.7 Å². The van der Waals surface area contributed by atoms with Crippen LogP contribution in [0.15, 0.2) is 24.3 Å². The standard InChI is InChI=1S/C15H16N4O5/c1-9-14(19(23)24)10(2)18(17-9)8-7-13(20)16-12-5-3-11(4-6-12)15(21)22/h3-6H,7-8H2,1-2H3,(H,16,20)(H,21,22). The monoisotopic (exact) mass is 332 g/mol. The first-order valence-electron chi connectivity index (χ1n) is 7.11. The lowest BCUT2D eigenvalue weighted by atomic mass is 10.2. The van der Waals surface area contributed by atoms with Gasteiger partial charge in [0.1, 0.15) is 11.4 Å². The molecular weight excluding hydrogens is 316 g/mol. The molecule has 0 aliphatic carbocycles. The maximum absolute atomic E-state index is 11.9. The zero-order chi connectivity index (χ0) is 17.9. The van der Waals surface area contributed by atoms with Crippen molar-refractivity contribution in [2.24, 2.45) is 0 Å². The Morgan fingerprint density at radius 2 is 1.92 bits per heavy atom. The number of carbonyl (C=O) groups is 2. The molecule has 0 spiro atoms. The van der Waals surface area contributed by atoms with Crippen LogP contribution < -0.4 is 5.32 Å². The lowest BCUT2D eigenvalue weighted by molar-refractivity contribution is -0.386. The smallest absolute Gasteiger partial charge is 0.335 e. The molecule has 2 aromatic rings. The first-order valence-corrected chi connectivity index (χ1v) is 7.11. The number of carbonyl (C=O) groups excluding carboxylic acids is 1. The minimum absolute atomic E-state index is 0.0420. The van der Waals surface area contributed by atoms with Gasteiger partial charge in [-0.15, -0.1) is 0 Å². The Morgan fingerprint density at radius 3 is 2.42 bits per heavy atom. The zero-order valence-electron chi connectivity index (χ0n) is 13.1. The van der Waals surface area contributed by atoms with E-state index in [1.54, 1.807) is 13.8 Å². The van der Waals surface area contributed by atoms with Crippen LogP contribution in [0.5, 0.6) is 0 Å². The van der Waals surface area contributed by atoms with Gasteiger partial charge in [0.15, 0.2) is 0 Å². The molecule has 0 aliphatic heterocycles. The predicted molar refractivity (Wildman–Crippen MR) is 85.0 cm³/mol. The molecule has 1 aromatic carbocycles. The normalized spacial score (nSPS) is 10.4. The van der Waals surface area contributed by atoms with Gasteiger partial charge in [0.25, 0.3) is 0 Å². The minimum atomic E-state index is -1.04. The zero-order valence-corrected chi connectivity index (χ0v) is 13.1. The quantitative estimate of drug-likeness (QED) is 0.616. The summed E-state index contributed by atoms with van der Waals surface area (Å²) in [6.07, 6.45) is 0.0831. The van der Waals surface area contributed by atoms with E-state index in [1.165, 1.54) is 28.9 Å². The number of aromatic carboxylic acids is 1. The summed E-state index contributed by atoms with van der Waals surface area (Å²) in [5.41, 5.74) is 1.27. The van der Waals surface area contributed by atoms with Gasteiger partial charge in [0, 0.05) is 12.1 Å². The molecule has 9 heteroatoms. The number of hydrogen-bond donors (Lipinski definition) is 2. The van der Waals surface area contributed by atoms with Crippen molar-refractivity contribution >= 4 is 23.3 Å². The summed E-state index contributed by atoms with van der Waals surface area (Å²) in [7, 11) is 0. The highest BCUT2D eigenvalue weighted by molar-refractivity contribution is 5.92. The van der Waals surface area contributed by atoms with Crippen molar-refractivity contribution < 1.29 is 19.6 Å². The molecule has 9 nitrogen and oxygen atoms in total. The molecule has 0 unspecified atom stereocenters. The van der Waals surface area contributed by atoms with Crippen molar-refractivity contribution in [3.8, 4) is 0 Å². The molecule has 0 saturated carbocycles. The molecule has 126 valence electrons. The molecule has 1 amide bonds. The number of benzene rings is 1. The number of aryl methyl sites for hydroxylation is 2. The molecule has 2 N–H and O–H groups in total. The van der Waals surface area contributed by atoms with Crippen LogP contribution in [0.4, 0.5) is 11.4 Å². The average Bonchev–Trinajstić information content (AvgIpc) is 2.80. The molecule has 0 atom stereocenters. The number of aromatic nitrogens is 2. The molecular formula is C15H16N4O5. The Balaban J connectivity index is 1.97. The molecule has 0 fully saturated rings. The molecule has 0 bridgehead atoms. The van der Waals surface area contributed by atoms with Crippen molar-refractivity contribution in [3.63, 3.8) is 0 Å². The number of carboxylic acid groups (broad SMARTS) is 1. The summed E-state index contributed by atoms with van der Waals surface area (Å²) >= 11 is 0. The Kier molecular flexibility index (Phi) is 4.93. The summed E-state index contributed by atoms with van der Waals surface area (Å²) in [6, 6.07) is 5.77. The molecule has 0 saturated heterocycles. The second kappa shape index (κ2) is 6.90. The summed E-state index contributed by atoms with van der Waals surface area (Å²) in [5, 5.41) is 26.5. The molecule has 24 heavy (non-hydrogen) atoms. The van der Waals surface area contributed by atoms with Gasteiger partial charge in [0.05, 0.1) is 17.0 Å². The number of nitrogens with zero attached hydrogens (tertiary/aromatic N) is 3. The largest absolute Gasteiger partial charge is 0.478 e. The van der Waals surface area contributed by atoms with E-state index in [4.69, 9.17) is 5.11 Å². The first kappa shape index (κ1) is 17.1. The number of carboxylic acids is 1. The number of amides is 1. The van der Waals surface area contributed by atoms with Gasteiger partial charge in [-0.05, 0) is 38.1 Å². The van der Waals surface area contributed by atoms with Crippen LogP contribution in [0.3, 0.4) is 0 Å². The highest BCUT2D eigenvalue weighted by atomic mass is 16.6. The Bertz CT molecular complexity index is 795. The van der Waals surface area contributed by atoms with E-state index in [-0.39, 0.29) is 30.1 Å². The number of nitro groups is 1. The third kappa shape index (κ3) is 3.75. The van der Waals surface area contributed by atoms with Crippen molar-refractivity contribution in [1.29, 1.82) is 0 Å². The van der Waals surface area contributed by atoms with E-state index in [9.17, 15) is 19.7 Å². The Hall–Kier alpha value is -3.23. The maximum Gasteiger partial charge on any atom is 0.335 e. The topological polar surface area (TPSA) is 127 Å². The first-order chi connectivity index (χ1) is 11.3. The number of nitrogens with one attached hydrogen (secondary N) is 1. The van der Waals surface area contributed by atoms with E-state index in [0.29, 0.717) is 17.1 Å². The summed E-state index contributed by atoms with van der Waals surface area (Å²) in [4.78, 5) is 33.2. The fraction of sp³-hybridized carbons (Fsp3) is 0.267. The van der Waals surface area contributed by atoms with Crippen LogP contribution in [0.1, 0.15) is 28.2 Å². The van der Waals surface area contributed by atoms with Crippen LogP contribution in [0.25, 0.3) is 0 Å². The SMILES string of the molecule is Cc1nn(CCC(=O)Nc2ccc(C(=O)O)cc2)c(C)c1[N+](=O)[O-]. The third-order valence-electron chi connectivity index (χ3n) is 3.49. The molecule has 1 aromatic heterocycles. The van der Waals surface area contributed by atoms with Crippen LogP contribution in [0, 0.1) is 24.0 Å². The number of hydrogen-bond acceptors (Lipinski definition) is 5. The van der Waals surface area contributed by atoms with Crippen molar-refractivity contribution in [1.82, 2.24) is 9.78 Å². The van der Waals surface area contributed by atoms with Gasteiger partial charge in [0.2, 0.25) is 5.91 Å². The van der Waals surface area contributed by atoms with Crippen molar-refractivity contribution in [3.05, 3.63) is 51.3 Å². The van der Waals surface area contributed by atoms with Gasteiger partial charge in [-0.3, -0.25) is 19.6 Å². The molecule has 1 heterocycles. The summed E-state index contributed by atoms with van der Waals surface area (Å²) < 4.78 is 1.43. The fourth-order valence-corrected chi connectivity index (χ4v) is 2.30. The lowest BCUT2D eigenvalue weighted by Crippen LogP contribution is -2.15. The van der Waals surface area contributed by atoms with E-state index in [1.807, 2.05) is 0 Å². The van der Waals surface area contributed by atoms with Crippen LogP contribution in [0.2, 0.25) is 0 Å². The van der Waals surface area contributed by atoms with E-state index < -0.39 is 10.9 Å². The highest BCUT2D eigenvalue weighted by Crippen LogP contribution is 2.21. The second-order valence-corrected chi connectivity index (χ2v) is 5.18. The summed E-state index contributed by atoms with van der Waals surface area (Å²) in [5.74, 6) is -1.34. The highest BCUT2D eigenvalue weighted by Gasteiger charge is 2.21. The van der Waals surface area contributed by atoms with Gasteiger partial charge >= 0.3 is 11.7 Å². The Labute approximate surface area is 137 Å². The third-order valence-corrected chi connectivity index (χ3v) is 3.49. The Morgan fingerprint density at radius 1 is 1.29 bits per heavy atom. The lowest BCUT2D eigenvalue weighted by Gasteiger charge is -2.06. The minimum Gasteiger partial charge on any atom is -0.478 e.